The van der Waals surface area contributed by atoms with Crippen LogP contribution in [-0.2, 0) is 4.79 Å². The number of carbonyl (C=O) groups is 2. The summed E-state index contributed by atoms with van der Waals surface area (Å²) in [6.45, 7) is 0.603. The summed E-state index contributed by atoms with van der Waals surface area (Å²) in [6.07, 6.45) is 3.67. The lowest BCUT2D eigenvalue weighted by Gasteiger charge is -2.10. The van der Waals surface area contributed by atoms with Gasteiger partial charge in [0.1, 0.15) is 5.92 Å². The van der Waals surface area contributed by atoms with E-state index in [1.165, 1.54) is 6.20 Å². The summed E-state index contributed by atoms with van der Waals surface area (Å²) in [6, 6.07) is 6.88. The van der Waals surface area contributed by atoms with Crippen LogP contribution in [0.15, 0.2) is 36.7 Å². The molecular formula is C17H14Cl2N2O2. The van der Waals surface area contributed by atoms with Gasteiger partial charge in [0.15, 0.2) is 5.78 Å². The van der Waals surface area contributed by atoms with Gasteiger partial charge in [-0.05, 0) is 36.2 Å². The van der Waals surface area contributed by atoms with Gasteiger partial charge in [-0.3, -0.25) is 14.6 Å². The van der Waals surface area contributed by atoms with Crippen molar-refractivity contribution in [2.75, 3.05) is 13.6 Å². The van der Waals surface area contributed by atoms with Crippen LogP contribution in [0.25, 0.3) is 11.1 Å². The van der Waals surface area contributed by atoms with Gasteiger partial charge in [0.2, 0.25) is 5.91 Å². The molecule has 0 N–H and O–H groups in total. The fourth-order valence-electron chi connectivity index (χ4n) is 2.72. The minimum Gasteiger partial charge on any atom is -0.345 e. The number of Topliss-reactive ketones (excluding diaryl/α,β-unsaturated/α-hetero) is 1. The second kappa shape index (κ2) is 6.30. The highest BCUT2D eigenvalue weighted by Gasteiger charge is 2.35. The minimum atomic E-state index is -0.611. The van der Waals surface area contributed by atoms with Crippen molar-refractivity contribution in [2.24, 2.45) is 5.92 Å². The molecule has 4 nitrogen and oxygen atoms in total. The fourth-order valence-corrected chi connectivity index (χ4v) is 3.25. The predicted octanol–water partition coefficient (Wildman–Crippen LogP) is 3.72. The number of ketones is 1. The maximum Gasteiger partial charge on any atom is 0.233 e. The molecule has 1 aliphatic heterocycles. The molecule has 1 amide bonds. The Labute approximate surface area is 144 Å². The van der Waals surface area contributed by atoms with Gasteiger partial charge in [-0.15, -0.1) is 0 Å². The molecule has 1 saturated heterocycles. The summed E-state index contributed by atoms with van der Waals surface area (Å²) < 4.78 is 0. The number of hydrogen-bond acceptors (Lipinski definition) is 3. The summed E-state index contributed by atoms with van der Waals surface area (Å²) in [5.74, 6) is -0.937. The quantitative estimate of drug-likeness (QED) is 0.627. The number of carbonyl (C=O) groups excluding carboxylic acids is 2. The van der Waals surface area contributed by atoms with E-state index in [2.05, 4.69) is 4.98 Å². The van der Waals surface area contributed by atoms with Crippen molar-refractivity contribution in [3.8, 4) is 11.1 Å². The van der Waals surface area contributed by atoms with Crippen molar-refractivity contribution >= 4 is 34.9 Å². The van der Waals surface area contributed by atoms with Crippen molar-refractivity contribution in [1.29, 1.82) is 0 Å². The van der Waals surface area contributed by atoms with Gasteiger partial charge in [0, 0.05) is 47.2 Å². The molecule has 23 heavy (non-hydrogen) atoms. The molecule has 118 valence electrons. The van der Waals surface area contributed by atoms with Gasteiger partial charge in [-0.2, -0.15) is 0 Å². The minimum absolute atomic E-state index is 0.133. The second-order valence-electron chi connectivity index (χ2n) is 5.59. The first-order valence-corrected chi connectivity index (χ1v) is 7.92. The van der Waals surface area contributed by atoms with Crippen LogP contribution in [0.1, 0.15) is 16.8 Å². The fraction of sp³-hybridized carbons (Fsp3) is 0.235. The van der Waals surface area contributed by atoms with Crippen molar-refractivity contribution < 1.29 is 9.59 Å². The van der Waals surface area contributed by atoms with Crippen LogP contribution < -0.4 is 0 Å². The molecule has 1 fully saturated rings. The average Bonchev–Trinajstić information content (AvgIpc) is 2.85. The van der Waals surface area contributed by atoms with E-state index in [1.807, 2.05) is 0 Å². The SMILES string of the molecule is CN1CCC(C(=O)c2cncc(-c3cc(Cl)cc(Cl)c3)c2)C1=O. The third-order valence-corrected chi connectivity index (χ3v) is 4.40. The lowest BCUT2D eigenvalue weighted by Crippen LogP contribution is -2.27. The summed E-state index contributed by atoms with van der Waals surface area (Å²) in [4.78, 5) is 30.3. The third-order valence-electron chi connectivity index (χ3n) is 3.96. The molecule has 2 aromatic rings. The molecule has 1 atom stereocenters. The van der Waals surface area contributed by atoms with Crippen LogP contribution in [0.3, 0.4) is 0 Å². The standard InChI is InChI=1S/C17H14Cl2N2O2/c1-21-3-2-15(17(21)23)16(22)12-4-11(8-20-9-12)10-5-13(18)7-14(19)6-10/h4-9,15H,2-3H2,1H3. The van der Waals surface area contributed by atoms with Gasteiger partial charge in [-0.25, -0.2) is 0 Å². The van der Waals surface area contributed by atoms with Gasteiger partial charge >= 0.3 is 0 Å². The number of amides is 1. The largest absolute Gasteiger partial charge is 0.345 e. The van der Waals surface area contributed by atoms with E-state index in [0.717, 1.165) is 11.1 Å². The van der Waals surface area contributed by atoms with Crippen LogP contribution in [0.2, 0.25) is 10.0 Å². The molecular weight excluding hydrogens is 335 g/mol. The highest BCUT2D eigenvalue weighted by atomic mass is 35.5. The first-order valence-electron chi connectivity index (χ1n) is 7.16. The molecule has 1 aromatic heterocycles. The Morgan fingerprint density at radius 3 is 2.43 bits per heavy atom. The average molecular weight is 349 g/mol. The Kier molecular flexibility index (Phi) is 4.37. The molecule has 1 unspecified atom stereocenters. The van der Waals surface area contributed by atoms with E-state index in [1.54, 1.807) is 42.4 Å². The molecule has 0 saturated carbocycles. The number of nitrogens with zero attached hydrogens (tertiary/aromatic N) is 2. The van der Waals surface area contributed by atoms with Crippen molar-refractivity contribution in [1.82, 2.24) is 9.88 Å². The first-order chi connectivity index (χ1) is 11.0. The zero-order valence-corrected chi connectivity index (χ0v) is 13.9. The smallest absolute Gasteiger partial charge is 0.233 e. The Morgan fingerprint density at radius 2 is 1.83 bits per heavy atom. The molecule has 2 heterocycles. The van der Waals surface area contributed by atoms with Crippen LogP contribution >= 0.6 is 23.2 Å². The van der Waals surface area contributed by atoms with Gasteiger partial charge < -0.3 is 4.90 Å². The van der Waals surface area contributed by atoms with E-state index in [4.69, 9.17) is 23.2 Å². The first kappa shape index (κ1) is 16.0. The number of hydrogen-bond donors (Lipinski definition) is 0. The van der Waals surface area contributed by atoms with Crippen LogP contribution in [-0.4, -0.2) is 35.2 Å². The number of pyridine rings is 1. The lowest BCUT2D eigenvalue weighted by molar-refractivity contribution is -0.128. The number of aromatic nitrogens is 1. The molecule has 0 radical (unpaired) electrons. The molecule has 0 aliphatic carbocycles. The van der Waals surface area contributed by atoms with Gasteiger partial charge in [0.05, 0.1) is 0 Å². The summed E-state index contributed by atoms with van der Waals surface area (Å²) >= 11 is 12.0. The highest BCUT2D eigenvalue weighted by Crippen LogP contribution is 2.28. The number of benzene rings is 1. The molecule has 1 aliphatic rings. The van der Waals surface area contributed by atoms with Crippen LogP contribution in [0, 0.1) is 5.92 Å². The Hall–Kier alpha value is -1.91. The van der Waals surface area contributed by atoms with Crippen LogP contribution in [0.4, 0.5) is 0 Å². The van der Waals surface area contributed by atoms with Crippen molar-refractivity contribution in [3.63, 3.8) is 0 Å². The Morgan fingerprint density at radius 1 is 1.13 bits per heavy atom. The van der Waals surface area contributed by atoms with Gasteiger partial charge in [0.25, 0.3) is 0 Å². The number of likely N-dealkylation sites (tertiary alicyclic amines) is 1. The second-order valence-corrected chi connectivity index (χ2v) is 6.46. The van der Waals surface area contributed by atoms with E-state index in [0.29, 0.717) is 28.6 Å². The monoisotopic (exact) mass is 348 g/mol. The zero-order valence-electron chi connectivity index (χ0n) is 12.4. The molecule has 0 bridgehead atoms. The van der Waals surface area contributed by atoms with E-state index >= 15 is 0 Å². The maximum absolute atomic E-state index is 12.6. The number of rotatable bonds is 3. The zero-order chi connectivity index (χ0) is 16.6. The van der Waals surface area contributed by atoms with Gasteiger partial charge in [-0.1, -0.05) is 23.2 Å². The summed E-state index contributed by atoms with van der Waals surface area (Å²) in [5.41, 5.74) is 1.94. The molecule has 3 rings (SSSR count). The van der Waals surface area contributed by atoms with Crippen LogP contribution in [0.5, 0.6) is 0 Å². The molecule has 1 aromatic carbocycles. The lowest BCUT2D eigenvalue weighted by atomic mass is 9.95. The molecule has 0 spiro atoms. The highest BCUT2D eigenvalue weighted by molar-refractivity contribution is 6.35. The number of halogens is 2. The third kappa shape index (κ3) is 3.23. The maximum atomic E-state index is 12.6. The van der Waals surface area contributed by atoms with Crippen molar-refractivity contribution in [3.05, 3.63) is 52.3 Å². The molecule has 6 heteroatoms. The van der Waals surface area contributed by atoms with E-state index in [9.17, 15) is 9.59 Å². The summed E-state index contributed by atoms with van der Waals surface area (Å²) in [5, 5.41) is 1.02. The normalized spacial score (nSPS) is 17.6. The Bertz CT molecular complexity index is 772. The summed E-state index contributed by atoms with van der Waals surface area (Å²) in [7, 11) is 1.71. The van der Waals surface area contributed by atoms with E-state index in [-0.39, 0.29) is 11.7 Å². The van der Waals surface area contributed by atoms with E-state index < -0.39 is 5.92 Å². The Balaban J connectivity index is 1.94. The topological polar surface area (TPSA) is 50.3 Å². The predicted molar refractivity (Wildman–Crippen MR) is 89.8 cm³/mol. The van der Waals surface area contributed by atoms with Crippen molar-refractivity contribution in [2.45, 2.75) is 6.42 Å².